The molecule has 3 rings (SSSR count). The Balaban J connectivity index is 2.29. The van der Waals surface area contributed by atoms with Crippen LogP contribution in [-0.4, -0.2) is 27.9 Å². The zero-order chi connectivity index (χ0) is 17.4. The zero-order valence-electron chi connectivity index (χ0n) is 13.4. The Labute approximate surface area is 145 Å². The van der Waals surface area contributed by atoms with Crippen LogP contribution in [0.4, 0.5) is 0 Å². The Hall–Kier alpha value is -2.33. The smallest absolute Gasteiger partial charge is 0.313 e. The number of rotatable bonds is 3. The van der Waals surface area contributed by atoms with E-state index in [0.29, 0.717) is 21.7 Å². The maximum atomic E-state index is 13.0. The SMILES string of the molecule is CC(C)N1C(=O)c2ccccc2[C@@H](C(=O)O)[C@@H]1c1ccccc1Cl. The highest BCUT2D eigenvalue weighted by Crippen LogP contribution is 2.45. The van der Waals surface area contributed by atoms with Crippen molar-refractivity contribution in [3.63, 3.8) is 0 Å². The van der Waals surface area contributed by atoms with E-state index in [0.717, 1.165) is 0 Å². The van der Waals surface area contributed by atoms with Crippen LogP contribution in [0.3, 0.4) is 0 Å². The van der Waals surface area contributed by atoms with Gasteiger partial charge >= 0.3 is 5.97 Å². The first-order valence-electron chi connectivity index (χ1n) is 7.82. The van der Waals surface area contributed by atoms with Crippen LogP contribution in [0, 0.1) is 0 Å². The highest BCUT2D eigenvalue weighted by Gasteiger charge is 2.45. The number of carboxylic acids is 1. The van der Waals surface area contributed by atoms with Crippen LogP contribution < -0.4 is 0 Å². The molecule has 0 bridgehead atoms. The third kappa shape index (κ3) is 2.57. The third-order valence-electron chi connectivity index (χ3n) is 4.42. The molecule has 0 aliphatic carbocycles. The van der Waals surface area contributed by atoms with Gasteiger partial charge in [0.2, 0.25) is 0 Å². The fourth-order valence-corrected chi connectivity index (χ4v) is 3.67. The van der Waals surface area contributed by atoms with Gasteiger partial charge in [-0.25, -0.2) is 0 Å². The first kappa shape index (κ1) is 16.5. The number of carboxylic acid groups (broad SMARTS) is 1. The van der Waals surface area contributed by atoms with Crippen LogP contribution in [0.5, 0.6) is 0 Å². The molecular formula is C19H18ClNO3. The van der Waals surface area contributed by atoms with Crippen molar-refractivity contribution in [2.45, 2.75) is 31.8 Å². The number of halogens is 1. The highest BCUT2D eigenvalue weighted by atomic mass is 35.5. The van der Waals surface area contributed by atoms with Gasteiger partial charge in [-0.3, -0.25) is 9.59 Å². The minimum Gasteiger partial charge on any atom is -0.481 e. The lowest BCUT2D eigenvalue weighted by Crippen LogP contribution is -2.48. The van der Waals surface area contributed by atoms with Gasteiger partial charge in [0.05, 0.1) is 6.04 Å². The molecule has 0 spiro atoms. The molecule has 1 heterocycles. The zero-order valence-corrected chi connectivity index (χ0v) is 14.2. The summed E-state index contributed by atoms with van der Waals surface area (Å²) in [5.74, 6) is -1.99. The van der Waals surface area contributed by atoms with Gasteiger partial charge in [-0.15, -0.1) is 0 Å². The molecule has 4 nitrogen and oxygen atoms in total. The van der Waals surface area contributed by atoms with Crippen LogP contribution in [0.25, 0.3) is 0 Å². The third-order valence-corrected chi connectivity index (χ3v) is 4.77. The second kappa shape index (κ2) is 6.29. The number of amides is 1. The molecule has 0 saturated heterocycles. The van der Waals surface area contributed by atoms with Crippen molar-refractivity contribution in [1.29, 1.82) is 0 Å². The maximum Gasteiger partial charge on any atom is 0.313 e. The molecule has 24 heavy (non-hydrogen) atoms. The second-order valence-corrected chi connectivity index (χ2v) is 6.58. The van der Waals surface area contributed by atoms with Crippen molar-refractivity contribution in [2.75, 3.05) is 0 Å². The number of hydrogen-bond donors (Lipinski definition) is 1. The molecule has 5 heteroatoms. The Bertz CT molecular complexity index is 803. The molecule has 1 amide bonds. The molecular weight excluding hydrogens is 326 g/mol. The Morgan fingerprint density at radius 3 is 2.25 bits per heavy atom. The standard InChI is InChI=1S/C19H18ClNO3/c1-11(2)21-17(14-9-5-6-10-15(14)20)16(19(23)24)12-7-3-4-8-13(12)18(21)22/h3-11,16-17H,1-2H3,(H,23,24)/t16-,17+/m1/s1. The summed E-state index contributed by atoms with van der Waals surface area (Å²) in [7, 11) is 0. The van der Waals surface area contributed by atoms with Gasteiger partial charge in [0.1, 0.15) is 5.92 Å². The van der Waals surface area contributed by atoms with E-state index < -0.39 is 17.9 Å². The quantitative estimate of drug-likeness (QED) is 0.912. The minimum atomic E-state index is -0.967. The predicted octanol–water partition coefficient (Wildman–Crippen LogP) is 4.11. The fourth-order valence-electron chi connectivity index (χ4n) is 3.43. The molecule has 0 saturated carbocycles. The number of fused-ring (bicyclic) bond motifs is 1. The van der Waals surface area contributed by atoms with Crippen molar-refractivity contribution >= 4 is 23.5 Å². The first-order chi connectivity index (χ1) is 11.4. The molecule has 0 radical (unpaired) electrons. The Morgan fingerprint density at radius 1 is 1.08 bits per heavy atom. The van der Waals surface area contributed by atoms with E-state index in [-0.39, 0.29) is 11.9 Å². The molecule has 0 unspecified atom stereocenters. The van der Waals surface area contributed by atoms with Gasteiger partial charge < -0.3 is 10.0 Å². The van der Waals surface area contributed by atoms with Crippen LogP contribution >= 0.6 is 11.6 Å². The summed E-state index contributed by atoms with van der Waals surface area (Å²) < 4.78 is 0. The summed E-state index contributed by atoms with van der Waals surface area (Å²) in [6.07, 6.45) is 0. The molecule has 2 atom stereocenters. The van der Waals surface area contributed by atoms with Gasteiger partial charge in [0.25, 0.3) is 5.91 Å². The Morgan fingerprint density at radius 2 is 1.67 bits per heavy atom. The Kier molecular flexibility index (Phi) is 4.33. The number of carbonyl (C=O) groups is 2. The molecule has 0 fully saturated rings. The van der Waals surface area contributed by atoms with Gasteiger partial charge in [0, 0.05) is 16.6 Å². The monoisotopic (exact) mass is 343 g/mol. The van der Waals surface area contributed by atoms with Crippen LogP contribution in [0.1, 0.15) is 47.3 Å². The van der Waals surface area contributed by atoms with Crippen molar-refractivity contribution in [1.82, 2.24) is 4.90 Å². The number of hydrogen-bond acceptors (Lipinski definition) is 2. The van der Waals surface area contributed by atoms with Crippen LogP contribution in [0.15, 0.2) is 48.5 Å². The maximum absolute atomic E-state index is 13.0. The summed E-state index contributed by atoms with van der Waals surface area (Å²) >= 11 is 6.34. The van der Waals surface area contributed by atoms with E-state index in [1.54, 1.807) is 47.4 Å². The van der Waals surface area contributed by atoms with E-state index in [9.17, 15) is 14.7 Å². The van der Waals surface area contributed by atoms with E-state index >= 15 is 0 Å². The molecule has 0 aromatic heterocycles. The normalized spacial score (nSPS) is 20.2. The first-order valence-corrected chi connectivity index (χ1v) is 8.20. The average Bonchev–Trinajstić information content (AvgIpc) is 2.54. The minimum absolute atomic E-state index is 0.158. The van der Waals surface area contributed by atoms with Gasteiger partial charge in [-0.1, -0.05) is 48.0 Å². The summed E-state index contributed by atoms with van der Waals surface area (Å²) in [5, 5.41) is 10.4. The van der Waals surface area contributed by atoms with E-state index in [2.05, 4.69) is 0 Å². The summed E-state index contributed by atoms with van der Waals surface area (Å²) in [4.78, 5) is 26.7. The molecule has 2 aromatic rings. The highest BCUT2D eigenvalue weighted by molar-refractivity contribution is 6.31. The van der Waals surface area contributed by atoms with Gasteiger partial charge in [0.15, 0.2) is 0 Å². The molecule has 124 valence electrons. The van der Waals surface area contributed by atoms with Crippen molar-refractivity contribution < 1.29 is 14.7 Å². The lowest BCUT2D eigenvalue weighted by atomic mass is 9.79. The van der Waals surface area contributed by atoms with Crippen LogP contribution in [0.2, 0.25) is 5.02 Å². The van der Waals surface area contributed by atoms with E-state index in [4.69, 9.17) is 11.6 Å². The number of benzene rings is 2. The lowest BCUT2D eigenvalue weighted by molar-refractivity contribution is -0.140. The number of nitrogens with zero attached hydrogens (tertiary/aromatic N) is 1. The second-order valence-electron chi connectivity index (χ2n) is 6.18. The van der Waals surface area contributed by atoms with Crippen molar-refractivity contribution in [3.05, 3.63) is 70.2 Å². The van der Waals surface area contributed by atoms with Crippen molar-refractivity contribution in [2.24, 2.45) is 0 Å². The largest absolute Gasteiger partial charge is 0.481 e. The predicted molar refractivity (Wildman–Crippen MR) is 92.3 cm³/mol. The van der Waals surface area contributed by atoms with Crippen molar-refractivity contribution in [3.8, 4) is 0 Å². The van der Waals surface area contributed by atoms with Crippen LogP contribution in [-0.2, 0) is 4.79 Å². The van der Waals surface area contributed by atoms with Gasteiger partial charge in [-0.05, 0) is 37.1 Å². The average molecular weight is 344 g/mol. The lowest BCUT2D eigenvalue weighted by Gasteiger charge is -2.43. The number of carbonyl (C=O) groups excluding carboxylic acids is 1. The fraction of sp³-hybridized carbons (Fsp3) is 0.263. The van der Waals surface area contributed by atoms with E-state index in [1.807, 2.05) is 19.9 Å². The van der Waals surface area contributed by atoms with E-state index in [1.165, 1.54) is 0 Å². The van der Waals surface area contributed by atoms with Gasteiger partial charge in [-0.2, -0.15) is 0 Å². The summed E-state index contributed by atoms with van der Waals surface area (Å²) in [5.41, 5.74) is 1.64. The summed E-state index contributed by atoms with van der Waals surface area (Å²) in [6.45, 7) is 3.77. The molecule has 1 aliphatic rings. The molecule has 1 aliphatic heterocycles. The molecule has 2 aromatic carbocycles. The topological polar surface area (TPSA) is 57.6 Å². The summed E-state index contributed by atoms with van der Waals surface area (Å²) in [6, 6.07) is 13.2. The number of aliphatic carboxylic acids is 1. The molecule has 1 N–H and O–H groups in total.